The molecule has 1 aliphatic heterocycles. The van der Waals surface area contributed by atoms with Crippen molar-refractivity contribution < 1.29 is 35.9 Å². The van der Waals surface area contributed by atoms with Crippen molar-refractivity contribution in [1.29, 1.82) is 0 Å². The van der Waals surface area contributed by atoms with Crippen LogP contribution in [0.4, 0.5) is 10.1 Å². The molecule has 3 aromatic carbocycles. The van der Waals surface area contributed by atoms with Crippen LogP contribution in [0.1, 0.15) is 29.8 Å². The number of nitrogens with one attached hydrogen (secondary N) is 1. The molecule has 226 valence electrons. The molecule has 4 rings (SSSR count). The van der Waals surface area contributed by atoms with Gasteiger partial charge in [0.25, 0.3) is 15.9 Å². The number of amides is 1. The zero-order valence-electron chi connectivity index (χ0n) is 23.7. The maximum absolute atomic E-state index is 13.7. The van der Waals surface area contributed by atoms with Crippen LogP contribution in [0.2, 0.25) is 0 Å². The molecule has 0 saturated carbocycles. The number of carbonyl (C=O) groups is 1. The first kappa shape index (κ1) is 31.4. The normalized spacial score (nSPS) is 18.5. The van der Waals surface area contributed by atoms with Gasteiger partial charge in [-0.2, -0.15) is 4.31 Å². The van der Waals surface area contributed by atoms with Gasteiger partial charge >= 0.3 is 0 Å². The lowest BCUT2D eigenvalue weighted by Crippen LogP contribution is -2.50. The van der Waals surface area contributed by atoms with Crippen LogP contribution in [0, 0.1) is 18.7 Å². The highest BCUT2D eigenvalue weighted by atomic mass is 32.2. The van der Waals surface area contributed by atoms with Crippen LogP contribution in [0.15, 0.2) is 76.5 Å². The highest BCUT2D eigenvalue weighted by molar-refractivity contribution is 7.92. The SMILES string of the molecule is Cc1ccc(S(=O)(=O)N(C)C[C@H]2Oc3ccc(NS(=O)(=O)c4ccc(F)cc4)cc3C(=O)N([C@@H](C)CO)C[C@H]2C)cc1. The van der Waals surface area contributed by atoms with E-state index in [-0.39, 0.29) is 52.4 Å². The molecule has 0 spiro atoms. The number of fused-ring (bicyclic) bond motifs is 1. The van der Waals surface area contributed by atoms with Gasteiger partial charge in [0.2, 0.25) is 10.0 Å². The minimum absolute atomic E-state index is 0.0364. The highest BCUT2D eigenvalue weighted by Crippen LogP contribution is 2.32. The van der Waals surface area contributed by atoms with E-state index in [1.807, 2.05) is 13.8 Å². The van der Waals surface area contributed by atoms with Crippen LogP contribution in [-0.2, 0) is 20.0 Å². The summed E-state index contributed by atoms with van der Waals surface area (Å²) < 4.78 is 75.5. The summed E-state index contributed by atoms with van der Waals surface area (Å²) in [5.74, 6) is -1.28. The first-order chi connectivity index (χ1) is 19.7. The smallest absolute Gasteiger partial charge is 0.261 e. The molecule has 1 amide bonds. The summed E-state index contributed by atoms with van der Waals surface area (Å²) in [6.07, 6.45) is -0.697. The third kappa shape index (κ3) is 6.75. The first-order valence-electron chi connectivity index (χ1n) is 13.3. The monoisotopic (exact) mass is 619 g/mol. The van der Waals surface area contributed by atoms with Crippen molar-refractivity contribution in [3.63, 3.8) is 0 Å². The fourth-order valence-corrected chi connectivity index (χ4v) is 6.81. The Hall–Kier alpha value is -3.52. The van der Waals surface area contributed by atoms with Gasteiger partial charge in [-0.3, -0.25) is 9.52 Å². The quantitative estimate of drug-likeness (QED) is 0.375. The van der Waals surface area contributed by atoms with Crippen LogP contribution < -0.4 is 9.46 Å². The van der Waals surface area contributed by atoms with Crippen LogP contribution in [0.25, 0.3) is 0 Å². The maximum Gasteiger partial charge on any atom is 0.261 e. The minimum atomic E-state index is -4.10. The molecule has 0 aliphatic carbocycles. The number of hydrogen-bond acceptors (Lipinski definition) is 7. The number of aliphatic hydroxyl groups excluding tert-OH is 1. The average Bonchev–Trinajstić information content (AvgIpc) is 2.95. The Morgan fingerprint density at radius 2 is 1.67 bits per heavy atom. The second-order valence-corrected chi connectivity index (χ2v) is 14.2. The standard InChI is InChI=1S/C29H34FN3O7S2/c1-19-5-10-25(11-6-19)42(38,39)32(4)17-28-20(2)16-33(21(3)18-34)29(35)26-15-23(9-14-27(26)40-28)31-41(36,37)24-12-7-22(30)8-13-24/h5-15,20-21,28,31,34H,16-18H2,1-4H3/t20-,21+,28-/m1/s1. The zero-order chi connectivity index (χ0) is 30.8. The lowest BCUT2D eigenvalue weighted by Gasteiger charge is -2.38. The summed E-state index contributed by atoms with van der Waals surface area (Å²) in [4.78, 5) is 15.1. The summed E-state index contributed by atoms with van der Waals surface area (Å²) in [5.41, 5.74) is 1.03. The molecule has 2 N–H and O–H groups in total. The van der Waals surface area contributed by atoms with E-state index in [0.717, 1.165) is 29.8 Å². The van der Waals surface area contributed by atoms with Gasteiger partial charge in [-0.15, -0.1) is 0 Å². The third-order valence-electron chi connectivity index (χ3n) is 7.21. The molecule has 0 saturated heterocycles. The molecule has 1 aliphatic rings. The van der Waals surface area contributed by atoms with Gasteiger partial charge in [-0.25, -0.2) is 21.2 Å². The number of carbonyl (C=O) groups excluding carboxylic acids is 1. The molecule has 42 heavy (non-hydrogen) atoms. The van der Waals surface area contributed by atoms with Gasteiger partial charge in [0.1, 0.15) is 17.7 Å². The summed E-state index contributed by atoms with van der Waals surface area (Å²) in [7, 11) is -6.49. The Morgan fingerprint density at radius 1 is 1.05 bits per heavy atom. The Balaban J connectivity index is 1.68. The number of rotatable bonds is 9. The van der Waals surface area contributed by atoms with E-state index in [1.54, 1.807) is 19.1 Å². The van der Waals surface area contributed by atoms with Crippen molar-refractivity contribution in [2.24, 2.45) is 5.92 Å². The molecule has 0 radical (unpaired) electrons. The Kier molecular flexibility index (Phi) is 9.26. The third-order valence-corrected chi connectivity index (χ3v) is 10.4. The summed E-state index contributed by atoms with van der Waals surface area (Å²) >= 11 is 0. The van der Waals surface area contributed by atoms with E-state index >= 15 is 0 Å². The predicted molar refractivity (Wildman–Crippen MR) is 156 cm³/mol. The van der Waals surface area contributed by atoms with E-state index in [1.165, 1.54) is 46.6 Å². The molecule has 1 heterocycles. The predicted octanol–water partition coefficient (Wildman–Crippen LogP) is 3.48. The molecule has 0 fully saturated rings. The largest absolute Gasteiger partial charge is 0.488 e. The second-order valence-electron chi connectivity index (χ2n) is 10.5. The Labute approximate surface area is 245 Å². The van der Waals surface area contributed by atoms with Gasteiger partial charge in [-0.05, 0) is 68.4 Å². The van der Waals surface area contributed by atoms with Crippen LogP contribution >= 0.6 is 0 Å². The first-order valence-corrected chi connectivity index (χ1v) is 16.2. The number of sulfonamides is 2. The molecule has 10 nitrogen and oxygen atoms in total. The minimum Gasteiger partial charge on any atom is -0.488 e. The fraction of sp³-hybridized carbons (Fsp3) is 0.345. The van der Waals surface area contributed by atoms with Crippen molar-refractivity contribution in [2.75, 3.05) is 31.5 Å². The van der Waals surface area contributed by atoms with Crippen molar-refractivity contribution in [3.05, 3.63) is 83.7 Å². The van der Waals surface area contributed by atoms with Gasteiger partial charge in [0.15, 0.2) is 0 Å². The molecule has 3 aromatic rings. The molecule has 3 atom stereocenters. The second kappa shape index (κ2) is 12.4. The fourth-order valence-electron chi connectivity index (χ4n) is 4.57. The maximum atomic E-state index is 13.7. The van der Waals surface area contributed by atoms with Crippen LogP contribution in [-0.4, -0.2) is 75.9 Å². The molecule has 0 unspecified atom stereocenters. The lowest BCUT2D eigenvalue weighted by atomic mass is 9.99. The number of nitrogens with zero attached hydrogens (tertiary/aromatic N) is 2. The number of halogens is 1. The molecule has 0 aromatic heterocycles. The van der Waals surface area contributed by atoms with Crippen molar-refractivity contribution >= 4 is 31.6 Å². The van der Waals surface area contributed by atoms with E-state index in [9.17, 15) is 31.1 Å². The van der Waals surface area contributed by atoms with Crippen molar-refractivity contribution in [3.8, 4) is 5.75 Å². The lowest BCUT2D eigenvalue weighted by molar-refractivity contribution is 0.0387. The number of benzene rings is 3. The van der Waals surface area contributed by atoms with Gasteiger partial charge < -0.3 is 14.7 Å². The van der Waals surface area contributed by atoms with Gasteiger partial charge in [-0.1, -0.05) is 24.6 Å². The molecular formula is C29H34FN3O7S2. The summed E-state index contributed by atoms with van der Waals surface area (Å²) in [6.45, 7) is 5.16. The molecule has 13 heteroatoms. The van der Waals surface area contributed by atoms with E-state index in [2.05, 4.69) is 4.72 Å². The van der Waals surface area contributed by atoms with Crippen molar-refractivity contribution in [1.82, 2.24) is 9.21 Å². The number of likely N-dealkylation sites (N-methyl/N-ethyl adjacent to an activating group) is 1. The molecular weight excluding hydrogens is 585 g/mol. The van der Waals surface area contributed by atoms with E-state index in [4.69, 9.17) is 4.74 Å². The Bertz CT molecular complexity index is 1650. The van der Waals surface area contributed by atoms with Crippen molar-refractivity contribution in [2.45, 2.75) is 42.7 Å². The summed E-state index contributed by atoms with van der Waals surface area (Å²) in [5, 5.41) is 9.89. The highest BCUT2D eigenvalue weighted by Gasteiger charge is 2.35. The molecule has 0 bridgehead atoms. The van der Waals surface area contributed by atoms with E-state index < -0.39 is 43.9 Å². The Morgan fingerprint density at radius 3 is 2.29 bits per heavy atom. The number of aryl methyl sites for hydroxylation is 1. The number of ether oxygens (including phenoxy) is 1. The number of aliphatic hydroxyl groups is 1. The number of anilines is 1. The van der Waals surface area contributed by atoms with Crippen LogP contribution in [0.5, 0.6) is 5.75 Å². The zero-order valence-corrected chi connectivity index (χ0v) is 25.3. The van der Waals surface area contributed by atoms with Crippen LogP contribution in [0.3, 0.4) is 0 Å². The average molecular weight is 620 g/mol. The number of hydrogen-bond donors (Lipinski definition) is 2. The van der Waals surface area contributed by atoms with Gasteiger partial charge in [0, 0.05) is 25.2 Å². The van der Waals surface area contributed by atoms with E-state index in [0.29, 0.717) is 0 Å². The summed E-state index contributed by atoms with van der Waals surface area (Å²) in [6, 6.07) is 14.4. The topological polar surface area (TPSA) is 133 Å². The van der Waals surface area contributed by atoms with Gasteiger partial charge in [0.05, 0.1) is 34.5 Å².